The third kappa shape index (κ3) is 5.76. The van der Waals surface area contributed by atoms with Crippen LogP contribution in [-0.2, 0) is 11.3 Å². The Bertz CT molecular complexity index is 1420. The molecule has 8 heteroatoms. The largest absolute Gasteiger partial charge is 0.423 e. The Balaban J connectivity index is 1.47. The molecule has 0 bridgehead atoms. The van der Waals surface area contributed by atoms with Crippen LogP contribution in [-0.4, -0.2) is 54.7 Å². The first-order chi connectivity index (χ1) is 18.0. The van der Waals surface area contributed by atoms with E-state index in [9.17, 15) is 4.79 Å². The van der Waals surface area contributed by atoms with Gasteiger partial charge in [-0.15, -0.1) is 0 Å². The zero-order valence-electron chi connectivity index (χ0n) is 21.6. The van der Waals surface area contributed by atoms with Gasteiger partial charge in [0.15, 0.2) is 5.76 Å². The summed E-state index contributed by atoms with van der Waals surface area (Å²) in [5.41, 5.74) is 6.38. The van der Waals surface area contributed by atoms with Crippen LogP contribution < -0.4 is 15.8 Å². The first kappa shape index (κ1) is 24.8. The number of likely N-dealkylation sites (N-methyl/N-ethyl adjacent to an activating group) is 1. The lowest BCUT2D eigenvalue weighted by molar-refractivity contribution is 0.134. The Kier molecular flexibility index (Phi) is 7.39. The Morgan fingerprint density at radius 2 is 1.89 bits per heavy atom. The maximum Gasteiger partial charge on any atom is 0.299 e. The monoisotopic (exact) mass is 499 g/mol. The molecule has 0 saturated carbocycles. The van der Waals surface area contributed by atoms with Crippen molar-refractivity contribution >= 4 is 17.4 Å². The van der Waals surface area contributed by atoms with Crippen molar-refractivity contribution < 1.29 is 9.15 Å². The molecule has 192 valence electrons. The Morgan fingerprint density at radius 3 is 2.68 bits per heavy atom. The number of oxazole rings is 1. The van der Waals surface area contributed by atoms with E-state index in [2.05, 4.69) is 62.5 Å². The van der Waals surface area contributed by atoms with E-state index in [1.165, 1.54) is 0 Å². The van der Waals surface area contributed by atoms with Gasteiger partial charge in [-0.3, -0.25) is 4.79 Å². The summed E-state index contributed by atoms with van der Waals surface area (Å²) < 4.78 is 11.7. The quantitative estimate of drug-likeness (QED) is 0.351. The van der Waals surface area contributed by atoms with Gasteiger partial charge in [0.2, 0.25) is 0 Å². The lowest BCUT2D eigenvalue weighted by atomic mass is 10.0. The van der Waals surface area contributed by atoms with Crippen LogP contribution in [0.4, 0.5) is 17.4 Å². The number of aromatic amines is 1. The second kappa shape index (κ2) is 11.0. The van der Waals surface area contributed by atoms with Gasteiger partial charge in [-0.1, -0.05) is 12.1 Å². The molecule has 4 aromatic rings. The minimum atomic E-state index is -0.119. The SMILES string of the molecule is CCOCc1ccc(C)c(Nc2ncc(-c3cc(-c4ccc[nH]c4=O)cc(N4CCN(C)CC4)c3)o2)c1. The number of nitrogens with one attached hydrogen (secondary N) is 2. The third-order valence-electron chi connectivity index (χ3n) is 6.72. The van der Waals surface area contributed by atoms with Gasteiger partial charge < -0.3 is 29.3 Å². The second-order valence-electron chi connectivity index (χ2n) is 9.41. The fourth-order valence-corrected chi connectivity index (χ4v) is 4.50. The number of hydrogen-bond acceptors (Lipinski definition) is 7. The number of H-pyrrole nitrogens is 1. The van der Waals surface area contributed by atoms with Crippen LogP contribution in [0.5, 0.6) is 0 Å². The van der Waals surface area contributed by atoms with Gasteiger partial charge in [-0.25, -0.2) is 4.98 Å². The van der Waals surface area contributed by atoms with E-state index in [1.54, 1.807) is 12.4 Å². The average Bonchev–Trinajstić information content (AvgIpc) is 3.38. The molecule has 5 rings (SSSR count). The molecule has 1 aliphatic heterocycles. The summed E-state index contributed by atoms with van der Waals surface area (Å²) >= 11 is 0. The van der Waals surface area contributed by atoms with E-state index in [-0.39, 0.29) is 5.56 Å². The smallest absolute Gasteiger partial charge is 0.299 e. The Morgan fingerprint density at radius 1 is 1.08 bits per heavy atom. The molecule has 37 heavy (non-hydrogen) atoms. The van der Waals surface area contributed by atoms with Crippen molar-refractivity contribution in [3.05, 3.63) is 82.4 Å². The first-order valence-electron chi connectivity index (χ1n) is 12.7. The van der Waals surface area contributed by atoms with E-state index in [1.807, 2.05) is 32.0 Å². The van der Waals surface area contributed by atoms with Gasteiger partial charge in [0, 0.05) is 61.5 Å². The molecule has 0 amide bonds. The number of benzene rings is 2. The Hall–Kier alpha value is -3.88. The standard InChI is InChI=1S/C29H33N5O3/c1-4-36-19-21-8-7-20(2)26(14-21)32-29-31-18-27(37-29)23-15-22(25-6-5-9-30-28(25)35)16-24(17-23)34-12-10-33(3)11-13-34/h5-9,14-18H,4,10-13,19H2,1-3H3,(H,30,35)(H,31,32). The molecule has 0 unspecified atom stereocenters. The summed E-state index contributed by atoms with van der Waals surface area (Å²) in [6, 6.07) is 16.5. The molecule has 0 atom stereocenters. The molecule has 2 aromatic heterocycles. The van der Waals surface area contributed by atoms with Crippen LogP contribution in [0.15, 0.2) is 70.1 Å². The molecular weight excluding hydrogens is 466 g/mol. The minimum Gasteiger partial charge on any atom is -0.423 e. The highest BCUT2D eigenvalue weighted by atomic mass is 16.5. The Labute approximate surface area is 216 Å². The lowest BCUT2D eigenvalue weighted by Crippen LogP contribution is -2.44. The van der Waals surface area contributed by atoms with Crippen LogP contribution in [0.25, 0.3) is 22.5 Å². The maximum absolute atomic E-state index is 12.6. The molecule has 0 radical (unpaired) electrons. The molecule has 0 aliphatic carbocycles. The third-order valence-corrected chi connectivity index (χ3v) is 6.72. The van der Waals surface area contributed by atoms with Crippen molar-refractivity contribution in [2.24, 2.45) is 0 Å². The molecular formula is C29H33N5O3. The van der Waals surface area contributed by atoms with Crippen LogP contribution in [0.2, 0.25) is 0 Å². The number of rotatable bonds is 8. The average molecular weight is 500 g/mol. The second-order valence-corrected chi connectivity index (χ2v) is 9.41. The van der Waals surface area contributed by atoms with E-state index < -0.39 is 0 Å². The molecule has 1 fully saturated rings. The van der Waals surface area contributed by atoms with E-state index in [4.69, 9.17) is 9.15 Å². The number of nitrogens with zero attached hydrogens (tertiary/aromatic N) is 3. The molecule has 3 heterocycles. The lowest BCUT2D eigenvalue weighted by Gasteiger charge is -2.34. The summed E-state index contributed by atoms with van der Waals surface area (Å²) in [6.07, 6.45) is 3.38. The molecule has 2 aromatic carbocycles. The molecule has 2 N–H and O–H groups in total. The predicted octanol–water partition coefficient (Wildman–Crippen LogP) is 5.04. The number of anilines is 3. The molecule has 0 spiro atoms. The summed E-state index contributed by atoms with van der Waals surface area (Å²) in [5.74, 6) is 0.634. The summed E-state index contributed by atoms with van der Waals surface area (Å²) in [6.45, 7) is 9.08. The summed E-state index contributed by atoms with van der Waals surface area (Å²) in [7, 11) is 2.14. The van der Waals surface area contributed by atoms with E-state index >= 15 is 0 Å². The van der Waals surface area contributed by atoms with E-state index in [0.29, 0.717) is 30.6 Å². The zero-order valence-corrected chi connectivity index (χ0v) is 21.6. The van der Waals surface area contributed by atoms with Crippen LogP contribution >= 0.6 is 0 Å². The van der Waals surface area contributed by atoms with E-state index in [0.717, 1.165) is 59.8 Å². The highest BCUT2D eigenvalue weighted by Gasteiger charge is 2.18. The van der Waals surface area contributed by atoms with Crippen LogP contribution in [0.3, 0.4) is 0 Å². The van der Waals surface area contributed by atoms with Crippen LogP contribution in [0, 0.1) is 6.92 Å². The van der Waals surface area contributed by atoms with Gasteiger partial charge in [-0.05, 0) is 74.0 Å². The van der Waals surface area contributed by atoms with Gasteiger partial charge in [-0.2, -0.15) is 0 Å². The fraction of sp³-hybridized carbons (Fsp3) is 0.310. The number of pyridine rings is 1. The number of aromatic nitrogens is 2. The van der Waals surface area contributed by atoms with Crippen molar-refractivity contribution in [2.45, 2.75) is 20.5 Å². The molecule has 8 nitrogen and oxygen atoms in total. The summed E-state index contributed by atoms with van der Waals surface area (Å²) in [4.78, 5) is 24.6. The highest BCUT2D eigenvalue weighted by molar-refractivity contribution is 5.76. The molecule has 1 saturated heterocycles. The summed E-state index contributed by atoms with van der Waals surface area (Å²) in [5, 5.41) is 3.31. The van der Waals surface area contributed by atoms with Crippen molar-refractivity contribution in [3.63, 3.8) is 0 Å². The van der Waals surface area contributed by atoms with Crippen molar-refractivity contribution in [1.29, 1.82) is 0 Å². The topological polar surface area (TPSA) is 86.6 Å². The van der Waals surface area contributed by atoms with Gasteiger partial charge in [0.25, 0.3) is 11.6 Å². The number of ether oxygens (including phenoxy) is 1. The number of aryl methyl sites for hydroxylation is 1. The highest BCUT2D eigenvalue weighted by Crippen LogP contribution is 2.33. The van der Waals surface area contributed by atoms with Crippen molar-refractivity contribution in [3.8, 4) is 22.5 Å². The van der Waals surface area contributed by atoms with Gasteiger partial charge >= 0.3 is 0 Å². The zero-order chi connectivity index (χ0) is 25.8. The predicted molar refractivity (Wildman–Crippen MR) is 147 cm³/mol. The van der Waals surface area contributed by atoms with Gasteiger partial charge in [0.1, 0.15) is 0 Å². The fourth-order valence-electron chi connectivity index (χ4n) is 4.50. The molecule has 1 aliphatic rings. The van der Waals surface area contributed by atoms with Gasteiger partial charge in [0.05, 0.1) is 12.8 Å². The van der Waals surface area contributed by atoms with Crippen LogP contribution in [0.1, 0.15) is 18.1 Å². The number of hydrogen-bond donors (Lipinski definition) is 2. The van der Waals surface area contributed by atoms with Crippen molar-refractivity contribution in [2.75, 3.05) is 50.1 Å². The minimum absolute atomic E-state index is 0.119. The first-order valence-corrected chi connectivity index (χ1v) is 12.7. The normalized spacial score (nSPS) is 14.2. The number of piperazine rings is 1. The maximum atomic E-state index is 12.6. The van der Waals surface area contributed by atoms with Crippen molar-refractivity contribution in [1.82, 2.24) is 14.9 Å².